The van der Waals surface area contributed by atoms with Gasteiger partial charge in [-0.2, -0.15) is 0 Å². The number of alkyl halides is 1. The van der Waals surface area contributed by atoms with Gasteiger partial charge in [0.1, 0.15) is 11.5 Å². The largest absolute Gasteiger partial charge is 0.351 e. The number of allylic oxidation sites excluding steroid dienone is 1. The Morgan fingerprint density at radius 1 is 1.47 bits per heavy atom. The van der Waals surface area contributed by atoms with Crippen LogP contribution in [0, 0.1) is 5.92 Å². The molecule has 0 radical (unpaired) electrons. The van der Waals surface area contributed by atoms with Gasteiger partial charge in [-0.1, -0.05) is 27.0 Å². The van der Waals surface area contributed by atoms with Gasteiger partial charge in [0.25, 0.3) is 0 Å². The first-order chi connectivity index (χ1) is 6.82. The van der Waals surface area contributed by atoms with Gasteiger partial charge in [-0.25, -0.2) is 9.38 Å². The van der Waals surface area contributed by atoms with Crippen LogP contribution in [0.4, 0.5) is 4.39 Å². The Morgan fingerprint density at radius 3 is 2.40 bits per heavy atom. The average Bonchev–Trinajstić information content (AvgIpc) is 2.09. The molecule has 1 heterocycles. The summed E-state index contributed by atoms with van der Waals surface area (Å²) in [6.07, 6.45) is 1.71. The molecule has 0 bridgehead atoms. The molecule has 1 aliphatic heterocycles. The Bertz CT molecular complexity index is 295. The summed E-state index contributed by atoms with van der Waals surface area (Å²) in [7, 11) is 0. The van der Waals surface area contributed by atoms with Crippen molar-refractivity contribution in [2.24, 2.45) is 10.9 Å². The molecule has 0 N–H and O–H groups in total. The predicted octanol–water partition coefficient (Wildman–Crippen LogP) is 2.78. The van der Waals surface area contributed by atoms with E-state index in [4.69, 9.17) is 0 Å². The molecule has 0 aromatic rings. The molecule has 0 aromatic carbocycles. The van der Waals surface area contributed by atoms with Crippen LogP contribution in [0.2, 0.25) is 0 Å². The van der Waals surface area contributed by atoms with Gasteiger partial charge in [0.15, 0.2) is 0 Å². The number of nitrogens with zero attached hydrogens (tertiary/aromatic N) is 2. The van der Waals surface area contributed by atoms with Crippen LogP contribution in [0.25, 0.3) is 0 Å². The Hall–Kier alpha value is -1.12. The summed E-state index contributed by atoms with van der Waals surface area (Å²) < 4.78 is 13.2. The minimum Gasteiger partial charge on any atom is -0.351 e. The zero-order valence-electron chi connectivity index (χ0n) is 9.76. The van der Waals surface area contributed by atoms with E-state index in [9.17, 15) is 4.39 Å². The van der Waals surface area contributed by atoms with Crippen molar-refractivity contribution in [1.82, 2.24) is 4.90 Å². The van der Waals surface area contributed by atoms with Crippen molar-refractivity contribution in [3.8, 4) is 0 Å². The number of rotatable bonds is 4. The van der Waals surface area contributed by atoms with Crippen LogP contribution in [-0.4, -0.2) is 29.9 Å². The van der Waals surface area contributed by atoms with E-state index in [-0.39, 0.29) is 0 Å². The molecule has 0 unspecified atom stereocenters. The summed E-state index contributed by atoms with van der Waals surface area (Å²) >= 11 is 0. The lowest BCUT2D eigenvalue weighted by atomic mass is 9.99. The molecule has 0 saturated carbocycles. The lowest BCUT2D eigenvalue weighted by Crippen LogP contribution is -2.55. The van der Waals surface area contributed by atoms with Crippen LogP contribution >= 0.6 is 0 Å². The molecule has 0 amide bonds. The predicted molar refractivity (Wildman–Crippen MR) is 62.7 cm³/mol. The summed E-state index contributed by atoms with van der Waals surface area (Å²) in [5.74, 6) is 0.997. The Morgan fingerprint density at radius 2 is 2.00 bits per heavy atom. The molecular weight excluding hydrogens is 191 g/mol. The molecule has 1 rings (SSSR count). The van der Waals surface area contributed by atoms with Gasteiger partial charge < -0.3 is 4.90 Å². The Labute approximate surface area is 91.2 Å². The minimum absolute atomic E-state index is 0.379. The normalized spacial score (nSPS) is 19.4. The quantitative estimate of drug-likeness (QED) is 0.651. The number of halogens is 1. The van der Waals surface area contributed by atoms with E-state index >= 15 is 0 Å². The molecule has 0 atom stereocenters. The lowest BCUT2D eigenvalue weighted by Gasteiger charge is -2.43. The maximum Gasteiger partial charge on any atom is 0.143 e. The first-order valence-electron chi connectivity index (χ1n) is 5.17. The van der Waals surface area contributed by atoms with Crippen molar-refractivity contribution in [2.45, 2.75) is 26.4 Å². The van der Waals surface area contributed by atoms with Gasteiger partial charge in [0.05, 0.1) is 13.1 Å². The zero-order chi connectivity index (χ0) is 11.6. The molecular formula is C12H19FN2. The van der Waals surface area contributed by atoms with Crippen LogP contribution in [0.1, 0.15) is 20.8 Å². The average molecular weight is 210 g/mol. The smallest absolute Gasteiger partial charge is 0.143 e. The van der Waals surface area contributed by atoms with Crippen molar-refractivity contribution in [3.63, 3.8) is 0 Å². The Kier molecular flexibility index (Phi) is 3.32. The van der Waals surface area contributed by atoms with Crippen LogP contribution in [-0.2, 0) is 0 Å². The standard InChI is InChI=1S/C12H19FN2/c1-9(2)10(3)6-14-11(4)15-7-12(5,13)8-15/h6,9H,3-4,7-8H2,1-2,5H3/b14-6-. The van der Waals surface area contributed by atoms with E-state index < -0.39 is 5.67 Å². The third-order valence-electron chi connectivity index (χ3n) is 2.53. The van der Waals surface area contributed by atoms with Crippen LogP contribution < -0.4 is 0 Å². The fraction of sp³-hybridized carbons (Fsp3) is 0.583. The van der Waals surface area contributed by atoms with E-state index in [1.807, 2.05) is 4.90 Å². The highest BCUT2D eigenvalue weighted by atomic mass is 19.1. The summed E-state index contributed by atoms with van der Waals surface area (Å²) in [5, 5.41) is 0. The van der Waals surface area contributed by atoms with Gasteiger partial charge in [-0.3, -0.25) is 0 Å². The lowest BCUT2D eigenvalue weighted by molar-refractivity contribution is 0.00620. The minimum atomic E-state index is -1.08. The van der Waals surface area contributed by atoms with Gasteiger partial charge in [0.2, 0.25) is 0 Å². The number of likely N-dealkylation sites (tertiary alicyclic amines) is 1. The third kappa shape index (κ3) is 3.18. The molecule has 0 aliphatic carbocycles. The molecule has 0 spiro atoms. The third-order valence-corrected chi connectivity index (χ3v) is 2.53. The van der Waals surface area contributed by atoms with E-state index in [2.05, 4.69) is 32.0 Å². The molecule has 84 valence electrons. The van der Waals surface area contributed by atoms with E-state index in [0.29, 0.717) is 24.8 Å². The van der Waals surface area contributed by atoms with Crippen molar-refractivity contribution < 1.29 is 4.39 Å². The topological polar surface area (TPSA) is 15.6 Å². The van der Waals surface area contributed by atoms with Gasteiger partial charge in [-0.05, 0) is 18.4 Å². The molecule has 1 fully saturated rings. The number of aliphatic imine (C=N–C) groups is 1. The van der Waals surface area contributed by atoms with Crippen molar-refractivity contribution >= 4 is 6.21 Å². The van der Waals surface area contributed by atoms with Crippen molar-refractivity contribution in [3.05, 3.63) is 24.6 Å². The van der Waals surface area contributed by atoms with E-state index in [0.717, 1.165) is 5.57 Å². The maximum atomic E-state index is 13.2. The van der Waals surface area contributed by atoms with Crippen LogP contribution in [0.5, 0.6) is 0 Å². The van der Waals surface area contributed by atoms with E-state index in [1.165, 1.54) is 0 Å². The molecule has 1 saturated heterocycles. The van der Waals surface area contributed by atoms with Crippen molar-refractivity contribution in [2.75, 3.05) is 13.1 Å². The monoisotopic (exact) mass is 210 g/mol. The first-order valence-corrected chi connectivity index (χ1v) is 5.17. The zero-order valence-corrected chi connectivity index (χ0v) is 9.76. The molecule has 1 aliphatic rings. The van der Waals surface area contributed by atoms with Crippen LogP contribution in [0.15, 0.2) is 29.5 Å². The SMILES string of the molecule is C=C(/C=N\C(=C)N1CC(C)(F)C1)C(C)C. The second-order valence-corrected chi connectivity index (χ2v) is 4.67. The number of hydrogen-bond acceptors (Lipinski definition) is 2. The first kappa shape index (κ1) is 12.0. The second-order valence-electron chi connectivity index (χ2n) is 4.67. The Balaban J connectivity index is 2.41. The molecule has 3 heteroatoms. The molecule has 15 heavy (non-hydrogen) atoms. The van der Waals surface area contributed by atoms with Crippen LogP contribution in [0.3, 0.4) is 0 Å². The van der Waals surface area contributed by atoms with Crippen molar-refractivity contribution in [1.29, 1.82) is 0 Å². The highest BCUT2D eigenvalue weighted by molar-refractivity contribution is 5.78. The maximum absolute atomic E-state index is 13.2. The highest BCUT2D eigenvalue weighted by Gasteiger charge is 2.39. The fourth-order valence-corrected chi connectivity index (χ4v) is 1.32. The molecule has 0 aromatic heterocycles. The number of hydrogen-bond donors (Lipinski definition) is 0. The van der Waals surface area contributed by atoms with Gasteiger partial charge in [0, 0.05) is 6.21 Å². The summed E-state index contributed by atoms with van der Waals surface area (Å²) in [6.45, 7) is 14.1. The van der Waals surface area contributed by atoms with Gasteiger partial charge >= 0.3 is 0 Å². The fourth-order valence-electron chi connectivity index (χ4n) is 1.32. The molecule has 2 nitrogen and oxygen atoms in total. The summed E-state index contributed by atoms with van der Waals surface area (Å²) in [5.41, 5.74) is -0.118. The second kappa shape index (κ2) is 4.17. The highest BCUT2D eigenvalue weighted by Crippen LogP contribution is 2.27. The van der Waals surface area contributed by atoms with Gasteiger partial charge in [-0.15, -0.1) is 0 Å². The van der Waals surface area contributed by atoms with E-state index in [1.54, 1.807) is 13.1 Å². The summed E-state index contributed by atoms with van der Waals surface area (Å²) in [4.78, 5) is 6.00. The summed E-state index contributed by atoms with van der Waals surface area (Å²) in [6, 6.07) is 0.